The highest BCUT2D eigenvalue weighted by Gasteiger charge is 2.61. The van der Waals surface area contributed by atoms with Gasteiger partial charge in [0.2, 0.25) is 0 Å². The van der Waals surface area contributed by atoms with Crippen molar-refractivity contribution in [1.82, 2.24) is 4.90 Å². The lowest BCUT2D eigenvalue weighted by molar-refractivity contribution is 0.288. The number of piperidine rings is 1. The van der Waals surface area contributed by atoms with Gasteiger partial charge in [-0.25, -0.2) is 0 Å². The highest BCUT2D eigenvalue weighted by Crippen LogP contribution is 2.60. The molecule has 4 rings (SSSR count). The number of fused-ring (bicyclic) bond motifs is 1. The van der Waals surface area contributed by atoms with Crippen LogP contribution in [0, 0.1) is 5.92 Å². The van der Waals surface area contributed by atoms with E-state index < -0.39 is 0 Å². The summed E-state index contributed by atoms with van der Waals surface area (Å²) in [5, 5.41) is 0. The maximum absolute atomic E-state index is 3.52. The predicted octanol–water partition coefficient (Wildman–Crippen LogP) is 3.18. The monoisotopic (exact) mass is 277 g/mol. The molecule has 2 saturated carbocycles. The SMILES string of the molecule is Brc1ccc([C@]23C[C@H]2CN(C2CC2)C3)cc1. The van der Waals surface area contributed by atoms with Crippen molar-refractivity contribution in [3.63, 3.8) is 0 Å². The van der Waals surface area contributed by atoms with E-state index in [2.05, 4.69) is 45.1 Å². The molecule has 1 aromatic carbocycles. The zero-order chi connectivity index (χ0) is 10.8. The fraction of sp³-hybridized carbons (Fsp3) is 0.571. The van der Waals surface area contributed by atoms with E-state index in [4.69, 9.17) is 0 Å². The molecule has 1 nitrogen and oxygen atoms in total. The molecule has 84 valence electrons. The molecule has 1 aliphatic heterocycles. The van der Waals surface area contributed by atoms with Crippen molar-refractivity contribution in [2.24, 2.45) is 5.92 Å². The average molecular weight is 278 g/mol. The van der Waals surface area contributed by atoms with Crippen LogP contribution in [-0.4, -0.2) is 24.0 Å². The number of likely N-dealkylation sites (tertiary alicyclic amines) is 1. The molecule has 0 spiro atoms. The van der Waals surface area contributed by atoms with Gasteiger partial charge in [0.05, 0.1) is 0 Å². The van der Waals surface area contributed by atoms with E-state index in [9.17, 15) is 0 Å². The summed E-state index contributed by atoms with van der Waals surface area (Å²) in [6.45, 7) is 2.69. The summed E-state index contributed by atoms with van der Waals surface area (Å²) < 4.78 is 1.20. The number of benzene rings is 1. The van der Waals surface area contributed by atoms with Gasteiger partial charge in [0.1, 0.15) is 0 Å². The van der Waals surface area contributed by atoms with E-state index in [1.54, 1.807) is 5.56 Å². The standard InChI is InChI=1S/C14H16BrN/c15-12-3-1-10(2-4-12)14-7-11(14)8-16(9-14)13-5-6-13/h1-4,11,13H,5-9H2/t11-,14+/m0/s1. The minimum Gasteiger partial charge on any atom is -0.299 e. The highest BCUT2D eigenvalue weighted by atomic mass is 79.9. The first kappa shape index (κ1) is 9.67. The van der Waals surface area contributed by atoms with E-state index in [1.165, 1.54) is 36.8 Å². The van der Waals surface area contributed by atoms with Crippen LogP contribution in [-0.2, 0) is 5.41 Å². The quantitative estimate of drug-likeness (QED) is 0.803. The van der Waals surface area contributed by atoms with Gasteiger partial charge in [0.15, 0.2) is 0 Å². The lowest BCUT2D eigenvalue weighted by Crippen LogP contribution is -2.28. The third kappa shape index (κ3) is 1.32. The van der Waals surface area contributed by atoms with Crippen LogP contribution in [0.15, 0.2) is 28.7 Å². The summed E-state index contributed by atoms with van der Waals surface area (Å²) in [7, 11) is 0. The second-order valence-electron chi connectivity index (χ2n) is 5.72. The van der Waals surface area contributed by atoms with Crippen molar-refractivity contribution < 1.29 is 0 Å². The summed E-state index contributed by atoms with van der Waals surface area (Å²) in [5.41, 5.74) is 2.12. The van der Waals surface area contributed by atoms with E-state index in [-0.39, 0.29) is 0 Å². The van der Waals surface area contributed by atoms with Gasteiger partial charge in [-0.2, -0.15) is 0 Å². The Kier molecular flexibility index (Phi) is 1.88. The summed E-state index contributed by atoms with van der Waals surface area (Å²) in [4.78, 5) is 2.73. The van der Waals surface area contributed by atoms with Crippen LogP contribution in [0.1, 0.15) is 24.8 Å². The van der Waals surface area contributed by atoms with Gasteiger partial charge in [-0.15, -0.1) is 0 Å². The predicted molar refractivity (Wildman–Crippen MR) is 68.5 cm³/mol. The molecule has 0 bridgehead atoms. The van der Waals surface area contributed by atoms with Crippen LogP contribution >= 0.6 is 15.9 Å². The molecule has 1 heterocycles. The van der Waals surface area contributed by atoms with E-state index in [0.29, 0.717) is 5.41 Å². The van der Waals surface area contributed by atoms with Crippen LogP contribution < -0.4 is 0 Å². The summed E-state index contributed by atoms with van der Waals surface area (Å²) in [6, 6.07) is 9.97. The minimum absolute atomic E-state index is 0.545. The molecule has 2 heteroatoms. The second kappa shape index (κ2) is 3.11. The summed E-state index contributed by atoms with van der Waals surface area (Å²) in [6.07, 6.45) is 4.32. The second-order valence-corrected chi connectivity index (χ2v) is 6.64. The average Bonchev–Trinajstić information content (AvgIpc) is 3.19. The Bertz CT molecular complexity index is 423. The third-order valence-electron chi connectivity index (χ3n) is 4.65. The molecule has 0 unspecified atom stereocenters. The van der Waals surface area contributed by atoms with Crippen molar-refractivity contribution in [3.8, 4) is 0 Å². The summed E-state index contributed by atoms with van der Waals surface area (Å²) >= 11 is 3.52. The molecule has 3 aliphatic rings. The first-order chi connectivity index (χ1) is 7.78. The Morgan fingerprint density at radius 2 is 1.94 bits per heavy atom. The van der Waals surface area contributed by atoms with Gasteiger partial charge in [0.25, 0.3) is 0 Å². The van der Waals surface area contributed by atoms with Gasteiger partial charge in [-0.3, -0.25) is 4.90 Å². The molecule has 0 aromatic heterocycles. The van der Waals surface area contributed by atoms with Crippen molar-refractivity contribution in [2.45, 2.75) is 30.7 Å². The molecule has 1 saturated heterocycles. The van der Waals surface area contributed by atoms with Crippen molar-refractivity contribution in [2.75, 3.05) is 13.1 Å². The van der Waals surface area contributed by atoms with Gasteiger partial charge in [-0.05, 0) is 42.9 Å². The molecular weight excluding hydrogens is 262 g/mol. The van der Waals surface area contributed by atoms with Crippen LogP contribution in [0.25, 0.3) is 0 Å². The topological polar surface area (TPSA) is 3.24 Å². The van der Waals surface area contributed by atoms with Gasteiger partial charge in [0, 0.05) is 29.0 Å². The van der Waals surface area contributed by atoms with Crippen molar-refractivity contribution >= 4 is 15.9 Å². The number of hydrogen-bond donors (Lipinski definition) is 0. The Labute approximate surface area is 105 Å². The van der Waals surface area contributed by atoms with Crippen LogP contribution in [0.5, 0.6) is 0 Å². The number of rotatable bonds is 2. The highest BCUT2D eigenvalue weighted by molar-refractivity contribution is 9.10. The Morgan fingerprint density at radius 1 is 1.19 bits per heavy atom. The zero-order valence-electron chi connectivity index (χ0n) is 9.32. The molecule has 16 heavy (non-hydrogen) atoms. The first-order valence-electron chi connectivity index (χ1n) is 6.28. The van der Waals surface area contributed by atoms with Crippen LogP contribution in [0.2, 0.25) is 0 Å². The Hall–Kier alpha value is -0.340. The molecule has 0 amide bonds. The molecule has 0 radical (unpaired) electrons. The minimum atomic E-state index is 0.545. The normalized spacial score (nSPS) is 37.4. The van der Waals surface area contributed by atoms with Crippen molar-refractivity contribution in [1.29, 1.82) is 0 Å². The van der Waals surface area contributed by atoms with E-state index >= 15 is 0 Å². The maximum atomic E-state index is 3.52. The molecular formula is C14H16BrN. The van der Waals surface area contributed by atoms with E-state index in [1.807, 2.05) is 0 Å². The molecule has 2 atom stereocenters. The smallest absolute Gasteiger partial charge is 0.0175 e. The van der Waals surface area contributed by atoms with E-state index in [0.717, 1.165) is 12.0 Å². The van der Waals surface area contributed by atoms with Gasteiger partial charge >= 0.3 is 0 Å². The molecule has 3 fully saturated rings. The third-order valence-corrected chi connectivity index (χ3v) is 5.18. The zero-order valence-corrected chi connectivity index (χ0v) is 10.9. The molecule has 2 aliphatic carbocycles. The fourth-order valence-electron chi connectivity index (χ4n) is 3.47. The van der Waals surface area contributed by atoms with Gasteiger partial charge in [-0.1, -0.05) is 28.1 Å². The lowest BCUT2D eigenvalue weighted by atomic mass is 9.95. The summed E-state index contributed by atoms with van der Waals surface area (Å²) in [5.74, 6) is 0.953. The largest absolute Gasteiger partial charge is 0.299 e. The number of halogens is 1. The Balaban J connectivity index is 1.61. The maximum Gasteiger partial charge on any atom is 0.0175 e. The van der Waals surface area contributed by atoms with Crippen molar-refractivity contribution in [3.05, 3.63) is 34.3 Å². The van der Waals surface area contributed by atoms with Crippen LogP contribution in [0.4, 0.5) is 0 Å². The fourth-order valence-corrected chi connectivity index (χ4v) is 3.73. The first-order valence-corrected chi connectivity index (χ1v) is 7.07. The molecule has 1 aromatic rings. The molecule has 0 N–H and O–H groups in total. The van der Waals surface area contributed by atoms with Crippen LogP contribution in [0.3, 0.4) is 0 Å². The number of hydrogen-bond acceptors (Lipinski definition) is 1. The number of nitrogens with zero attached hydrogens (tertiary/aromatic N) is 1. The van der Waals surface area contributed by atoms with Gasteiger partial charge < -0.3 is 0 Å². The Morgan fingerprint density at radius 3 is 2.62 bits per heavy atom. The lowest BCUT2D eigenvalue weighted by Gasteiger charge is -2.20.